The van der Waals surface area contributed by atoms with Crippen LogP contribution in [0.3, 0.4) is 0 Å². The fourth-order valence-electron chi connectivity index (χ4n) is 4.10. The van der Waals surface area contributed by atoms with E-state index in [9.17, 15) is 0 Å². The normalized spacial score (nSPS) is 14.7. The molecule has 1 atom stereocenters. The summed E-state index contributed by atoms with van der Waals surface area (Å²) in [5, 5.41) is 2.69. The van der Waals surface area contributed by atoms with Gasteiger partial charge in [-0.1, -0.05) is 127 Å². The summed E-state index contributed by atoms with van der Waals surface area (Å²) in [6.07, 6.45) is 8.96. The first-order valence-corrected chi connectivity index (χ1v) is 17.6. The smallest absolute Gasteiger partial charge is 0.261 e. The van der Waals surface area contributed by atoms with Gasteiger partial charge in [-0.25, -0.2) is 0 Å². The van der Waals surface area contributed by atoms with Crippen molar-refractivity contribution >= 4 is 27.0 Å². The van der Waals surface area contributed by atoms with Crippen LogP contribution in [0, 0.1) is 0 Å². The predicted molar refractivity (Wildman–Crippen MR) is 158 cm³/mol. The first kappa shape index (κ1) is 29.5. The van der Waals surface area contributed by atoms with Gasteiger partial charge < -0.3 is 14.6 Å². The van der Waals surface area contributed by atoms with Crippen molar-refractivity contribution < 1.29 is 8.85 Å². The third-order valence-corrected chi connectivity index (χ3v) is 16.7. The lowest BCUT2D eigenvalue weighted by Gasteiger charge is -2.45. The van der Waals surface area contributed by atoms with Gasteiger partial charge in [0.15, 0.2) is 8.32 Å². The Kier molecular flexibility index (Phi) is 10.5. The molecule has 0 fully saturated rings. The molecule has 2 N–H and O–H groups in total. The van der Waals surface area contributed by atoms with Crippen LogP contribution in [0.4, 0.5) is 0 Å². The summed E-state index contributed by atoms with van der Waals surface area (Å²) in [6.45, 7) is 19.6. The minimum absolute atomic E-state index is 0.0742. The molecule has 2 rings (SSSR count). The van der Waals surface area contributed by atoms with Gasteiger partial charge in [-0.05, 0) is 40.0 Å². The molecule has 0 spiro atoms. The Hall–Kier alpha value is -1.77. The van der Waals surface area contributed by atoms with Crippen molar-refractivity contribution in [3.8, 4) is 0 Å². The molecule has 0 radical (unpaired) electrons. The average molecular weight is 510 g/mol. The third kappa shape index (κ3) is 7.61. The van der Waals surface area contributed by atoms with E-state index in [2.05, 4.69) is 127 Å². The molecular formula is C30H47NO2Si2. The molecule has 0 aliphatic carbocycles. The lowest BCUT2D eigenvalue weighted by atomic mass is 10.2. The maximum absolute atomic E-state index is 7.38. The lowest BCUT2D eigenvalue weighted by molar-refractivity contribution is 0.181. The van der Waals surface area contributed by atoms with Crippen LogP contribution < -0.4 is 16.1 Å². The zero-order valence-electron chi connectivity index (χ0n) is 23.2. The predicted octanol–water partition coefficient (Wildman–Crippen LogP) is 6.41. The topological polar surface area (TPSA) is 44.5 Å². The van der Waals surface area contributed by atoms with Crippen LogP contribution in [0.15, 0.2) is 85.0 Å². The van der Waals surface area contributed by atoms with Gasteiger partial charge in [-0.2, -0.15) is 0 Å². The van der Waals surface area contributed by atoms with Crippen molar-refractivity contribution in [2.75, 3.05) is 13.2 Å². The molecule has 2 aromatic rings. The van der Waals surface area contributed by atoms with Crippen molar-refractivity contribution in [2.45, 2.75) is 77.2 Å². The van der Waals surface area contributed by atoms with Gasteiger partial charge in [-0.3, -0.25) is 0 Å². The van der Waals surface area contributed by atoms with Gasteiger partial charge in [-0.15, -0.1) is 0 Å². The minimum atomic E-state index is -2.66. The Morgan fingerprint density at radius 3 is 1.74 bits per heavy atom. The number of benzene rings is 2. The van der Waals surface area contributed by atoms with Gasteiger partial charge in [0.05, 0.1) is 6.10 Å². The summed E-state index contributed by atoms with van der Waals surface area (Å²) in [5.74, 6) is 0. The van der Waals surface area contributed by atoms with Crippen molar-refractivity contribution in [1.82, 2.24) is 0 Å². The summed E-state index contributed by atoms with van der Waals surface area (Å²) in [5.41, 5.74) is 5.66. The van der Waals surface area contributed by atoms with Crippen molar-refractivity contribution in [3.63, 3.8) is 0 Å². The molecule has 0 saturated carbocycles. The van der Waals surface area contributed by atoms with E-state index >= 15 is 0 Å². The van der Waals surface area contributed by atoms with Crippen molar-refractivity contribution in [2.24, 2.45) is 5.73 Å². The average Bonchev–Trinajstić information content (AvgIpc) is 2.79. The lowest BCUT2D eigenvalue weighted by Crippen LogP contribution is -2.67. The number of rotatable bonds is 11. The highest BCUT2D eigenvalue weighted by Crippen LogP contribution is 2.39. The maximum atomic E-state index is 7.38. The quantitative estimate of drug-likeness (QED) is 0.281. The summed E-state index contributed by atoms with van der Waals surface area (Å²) in [4.78, 5) is 0. The van der Waals surface area contributed by atoms with E-state index in [-0.39, 0.29) is 16.2 Å². The molecule has 35 heavy (non-hydrogen) atoms. The largest absolute Gasteiger partial charge is 0.417 e. The van der Waals surface area contributed by atoms with Crippen LogP contribution >= 0.6 is 0 Å². The maximum Gasteiger partial charge on any atom is 0.261 e. The molecule has 0 heterocycles. The van der Waals surface area contributed by atoms with Crippen molar-refractivity contribution in [1.29, 1.82) is 0 Å². The van der Waals surface area contributed by atoms with Gasteiger partial charge >= 0.3 is 0 Å². The zero-order valence-corrected chi connectivity index (χ0v) is 25.2. The molecule has 0 bridgehead atoms. The van der Waals surface area contributed by atoms with E-state index in [1.165, 1.54) is 10.4 Å². The first-order chi connectivity index (χ1) is 16.3. The molecule has 2 aromatic carbocycles. The fourth-order valence-corrected chi connectivity index (χ4v) is 9.83. The molecular weight excluding hydrogens is 463 g/mol. The molecule has 0 aliphatic heterocycles. The molecule has 0 unspecified atom stereocenters. The Morgan fingerprint density at radius 2 is 1.31 bits per heavy atom. The molecule has 0 saturated heterocycles. The van der Waals surface area contributed by atoms with Crippen LogP contribution in [0.1, 0.15) is 48.0 Å². The Bertz CT molecular complexity index is 902. The standard InChI is InChI=1S/C30H47NO2Si2/c1-29(2,3)34(7,8)32-25-23-26(18-12-11-17-24-31)33-35(30(4,5)6,27-19-13-9-14-20-27)28-21-15-10-16-22-28/h9-22,26H,23-25,31H2,1-8H3/b17-11+,18-12+/t26-/m1/s1. The van der Waals surface area contributed by atoms with E-state index in [1.807, 2.05) is 12.2 Å². The van der Waals surface area contributed by atoms with E-state index < -0.39 is 16.6 Å². The molecule has 0 aromatic heterocycles. The molecule has 0 amide bonds. The van der Waals surface area contributed by atoms with E-state index in [1.54, 1.807) is 0 Å². The summed E-state index contributed by atoms with van der Waals surface area (Å²) < 4.78 is 13.9. The fraction of sp³-hybridized carbons (Fsp3) is 0.467. The summed E-state index contributed by atoms with van der Waals surface area (Å²) >= 11 is 0. The highest BCUT2D eigenvalue weighted by Gasteiger charge is 2.51. The molecule has 5 heteroatoms. The Morgan fingerprint density at radius 1 is 0.800 bits per heavy atom. The van der Waals surface area contributed by atoms with Gasteiger partial charge in [0.2, 0.25) is 0 Å². The Labute approximate surface area is 216 Å². The van der Waals surface area contributed by atoms with Crippen LogP contribution in [0.25, 0.3) is 0 Å². The highest BCUT2D eigenvalue weighted by molar-refractivity contribution is 6.99. The SMILES string of the molecule is CC(C)(C)[Si](C)(C)OCC[C@@H](/C=C/C=C/CN)O[Si](c1ccccc1)(c1ccccc1)C(C)(C)C. The molecule has 0 aliphatic rings. The minimum Gasteiger partial charge on any atom is -0.417 e. The van der Waals surface area contributed by atoms with Crippen LogP contribution in [0.5, 0.6) is 0 Å². The van der Waals surface area contributed by atoms with Crippen LogP contribution in [-0.4, -0.2) is 35.9 Å². The second-order valence-electron chi connectivity index (χ2n) is 11.8. The second kappa shape index (κ2) is 12.5. The van der Waals surface area contributed by atoms with Crippen LogP contribution in [0.2, 0.25) is 23.2 Å². The third-order valence-electron chi connectivity index (χ3n) is 7.13. The van der Waals surface area contributed by atoms with Gasteiger partial charge in [0, 0.05) is 13.2 Å². The molecule has 3 nitrogen and oxygen atoms in total. The van der Waals surface area contributed by atoms with Crippen molar-refractivity contribution in [3.05, 3.63) is 85.0 Å². The number of hydrogen-bond acceptors (Lipinski definition) is 3. The summed E-state index contributed by atoms with van der Waals surface area (Å²) in [6, 6.07) is 21.6. The second-order valence-corrected chi connectivity index (χ2v) is 20.8. The summed E-state index contributed by atoms with van der Waals surface area (Å²) in [7, 11) is -4.50. The van der Waals surface area contributed by atoms with E-state index in [4.69, 9.17) is 14.6 Å². The number of hydrogen-bond donors (Lipinski definition) is 1. The Balaban J connectivity index is 2.51. The van der Waals surface area contributed by atoms with Crippen LogP contribution in [-0.2, 0) is 8.85 Å². The number of nitrogens with two attached hydrogens (primary N) is 1. The van der Waals surface area contributed by atoms with Gasteiger partial charge in [0.1, 0.15) is 0 Å². The number of allylic oxidation sites excluding steroid dienone is 2. The molecule has 192 valence electrons. The van der Waals surface area contributed by atoms with Gasteiger partial charge in [0.25, 0.3) is 8.32 Å². The zero-order chi connectivity index (χ0) is 26.2. The van der Waals surface area contributed by atoms with E-state index in [0.717, 1.165) is 6.42 Å². The first-order valence-electron chi connectivity index (χ1n) is 12.8. The highest BCUT2D eigenvalue weighted by atomic mass is 28.4. The monoisotopic (exact) mass is 509 g/mol. The van der Waals surface area contributed by atoms with E-state index in [0.29, 0.717) is 13.2 Å².